The quantitative estimate of drug-likeness (QED) is 0.885. The number of hydrogen-bond donors (Lipinski definition) is 1. The summed E-state index contributed by atoms with van der Waals surface area (Å²) in [6, 6.07) is 7.58. The predicted molar refractivity (Wildman–Crippen MR) is 71.8 cm³/mol. The van der Waals surface area contributed by atoms with Crippen molar-refractivity contribution in [1.82, 2.24) is 0 Å². The molecule has 1 fully saturated rings. The first-order valence-corrected chi connectivity index (χ1v) is 6.42. The fourth-order valence-electron chi connectivity index (χ4n) is 2.03. The maximum Gasteiger partial charge on any atom is 0.228 e. The zero-order valence-electron chi connectivity index (χ0n) is 10.9. The molecule has 2 unspecified atom stereocenters. The monoisotopic (exact) mass is 248 g/mol. The lowest BCUT2D eigenvalue weighted by molar-refractivity contribution is -0.117. The summed E-state index contributed by atoms with van der Waals surface area (Å²) < 4.78 is 5.76. The highest BCUT2D eigenvalue weighted by Crippen LogP contribution is 2.25. The Morgan fingerprint density at radius 2 is 2.33 bits per heavy atom. The molecule has 1 aliphatic rings. The third-order valence-electron chi connectivity index (χ3n) is 3.20. The summed E-state index contributed by atoms with van der Waals surface area (Å²) >= 11 is 0. The highest BCUT2D eigenvalue weighted by Gasteiger charge is 2.28. The van der Waals surface area contributed by atoms with Gasteiger partial charge in [0.15, 0.2) is 0 Å². The van der Waals surface area contributed by atoms with Gasteiger partial charge >= 0.3 is 0 Å². The summed E-state index contributed by atoms with van der Waals surface area (Å²) in [6.45, 7) is 4.70. The second-order valence-electron chi connectivity index (χ2n) is 4.80. The molecule has 0 bridgehead atoms. The summed E-state index contributed by atoms with van der Waals surface area (Å²) in [6.07, 6.45) is 1.56. The van der Waals surface area contributed by atoms with Crippen molar-refractivity contribution >= 4 is 11.6 Å². The second kappa shape index (κ2) is 5.40. The van der Waals surface area contributed by atoms with E-state index >= 15 is 0 Å². The summed E-state index contributed by atoms with van der Waals surface area (Å²) in [5, 5.41) is 0. The minimum Gasteiger partial charge on any atom is -0.491 e. The van der Waals surface area contributed by atoms with Crippen LogP contribution in [0.3, 0.4) is 0 Å². The van der Waals surface area contributed by atoms with E-state index in [1.807, 2.05) is 31.2 Å². The topological polar surface area (TPSA) is 55.6 Å². The molecule has 0 spiro atoms. The van der Waals surface area contributed by atoms with Crippen molar-refractivity contribution < 1.29 is 9.53 Å². The molecule has 0 aliphatic carbocycles. The minimum atomic E-state index is -0.0587. The average Bonchev–Trinajstić information content (AvgIpc) is 2.68. The molecule has 18 heavy (non-hydrogen) atoms. The van der Waals surface area contributed by atoms with Crippen LogP contribution in [0.25, 0.3) is 0 Å². The Kier molecular flexibility index (Phi) is 3.87. The maximum absolute atomic E-state index is 11.8. The van der Waals surface area contributed by atoms with E-state index < -0.39 is 0 Å². The van der Waals surface area contributed by atoms with Crippen molar-refractivity contribution in [3.05, 3.63) is 24.3 Å². The van der Waals surface area contributed by atoms with Crippen molar-refractivity contribution in [2.45, 2.75) is 38.8 Å². The number of amides is 1. The van der Waals surface area contributed by atoms with Crippen LogP contribution in [-0.4, -0.2) is 24.6 Å². The van der Waals surface area contributed by atoms with Crippen LogP contribution in [0.4, 0.5) is 5.69 Å². The Morgan fingerprint density at radius 1 is 1.56 bits per heavy atom. The van der Waals surface area contributed by atoms with Gasteiger partial charge in [0.05, 0.1) is 6.10 Å². The van der Waals surface area contributed by atoms with Crippen molar-refractivity contribution in [2.24, 2.45) is 5.73 Å². The molecule has 2 atom stereocenters. The second-order valence-corrected chi connectivity index (χ2v) is 4.80. The first-order valence-electron chi connectivity index (χ1n) is 6.42. The van der Waals surface area contributed by atoms with Gasteiger partial charge in [0, 0.05) is 30.8 Å². The van der Waals surface area contributed by atoms with Gasteiger partial charge < -0.3 is 15.4 Å². The number of nitrogens with two attached hydrogens (primary N) is 1. The smallest absolute Gasteiger partial charge is 0.228 e. The summed E-state index contributed by atoms with van der Waals surface area (Å²) in [4.78, 5) is 13.5. The van der Waals surface area contributed by atoms with Gasteiger partial charge in [-0.1, -0.05) is 13.0 Å². The molecule has 1 aromatic rings. The van der Waals surface area contributed by atoms with Crippen LogP contribution < -0.4 is 15.4 Å². The van der Waals surface area contributed by atoms with Crippen LogP contribution in [0.1, 0.15) is 26.7 Å². The van der Waals surface area contributed by atoms with Crippen LogP contribution in [0.15, 0.2) is 24.3 Å². The first-order chi connectivity index (χ1) is 8.60. The first kappa shape index (κ1) is 12.9. The van der Waals surface area contributed by atoms with Crippen LogP contribution in [-0.2, 0) is 4.79 Å². The van der Waals surface area contributed by atoms with Crippen LogP contribution in [0.5, 0.6) is 5.75 Å². The number of rotatable bonds is 4. The molecular formula is C14H20N2O2. The summed E-state index contributed by atoms with van der Waals surface area (Å²) in [7, 11) is 0. The molecule has 0 radical (unpaired) electrons. The van der Waals surface area contributed by atoms with Gasteiger partial charge in [-0.05, 0) is 25.5 Å². The van der Waals surface area contributed by atoms with E-state index in [0.717, 1.165) is 17.9 Å². The van der Waals surface area contributed by atoms with E-state index in [-0.39, 0.29) is 18.1 Å². The van der Waals surface area contributed by atoms with Gasteiger partial charge in [0.2, 0.25) is 5.91 Å². The van der Waals surface area contributed by atoms with Crippen molar-refractivity contribution in [3.8, 4) is 5.75 Å². The third kappa shape index (κ3) is 2.82. The van der Waals surface area contributed by atoms with E-state index in [1.165, 1.54) is 0 Å². The molecule has 98 valence electrons. The van der Waals surface area contributed by atoms with E-state index in [0.29, 0.717) is 13.0 Å². The zero-order chi connectivity index (χ0) is 13.1. The fourth-order valence-corrected chi connectivity index (χ4v) is 2.03. The van der Waals surface area contributed by atoms with E-state index in [9.17, 15) is 4.79 Å². The molecule has 1 amide bonds. The van der Waals surface area contributed by atoms with Gasteiger partial charge in [-0.3, -0.25) is 4.79 Å². The molecule has 1 aromatic carbocycles. The number of nitrogens with zero attached hydrogens (tertiary/aromatic N) is 1. The number of carbonyl (C=O) groups excluding carboxylic acids is 1. The average molecular weight is 248 g/mol. The normalized spacial score (nSPS) is 21.2. The zero-order valence-corrected chi connectivity index (χ0v) is 10.9. The lowest BCUT2D eigenvalue weighted by Crippen LogP contribution is -2.27. The highest BCUT2D eigenvalue weighted by molar-refractivity contribution is 5.96. The molecule has 1 heterocycles. The van der Waals surface area contributed by atoms with Crippen LogP contribution in [0.2, 0.25) is 0 Å². The standard InChI is InChI=1S/C14H20N2O2/c1-3-10(2)18-13-6-4-5-12(8-13)16-9-11(15)7-14(16)17/h4-6,8,10-11H,3,7,9,15H2,1-2H3. The van der Waals surface area contributed by atoms with Crippen LogP contribution in [0, 0.1) is 0 Å². The predicted octanol–water partition coefficient (Wildman–Crippen LogP) is 1.93. The molecule has 4 nitrogen and oxygen atoms in total. The minimum absolute atomic E-state index is 0.0587. The molecule has 0 aromatic heterocycles. The molecule has 1 saturated heterocycles. The van der Waals surface area contributed by atoms with E-state index in [2.05, 4.69) is 6.92 Å². The maximum atomic E-state index is 11.8. The SMILES string of the molecule is CCC(C)Oc1cccc(N2CC(N)CC2=O)c1. The van der Waals surface area contributed by atoms with Crippen LogP contribution >= 0.6 is 0 Å². The molecule has 0 saturated carbocycles. The van der Waals surface area contributed by atoms with E-state index in [1.54, 1.807) is 4.90 Å². The van der Waals surface area contributed by atoms with Gasteiger partial charge in [0.25, 0.3) is 0 Å². The molecule has 2 rings (SSSR count). The van der Waals surface area contributed by atoms with Crippen molar-refractivity contribution in [3.63, 3.8) is 0 Å². The number of carbonyl (C=O) groups is 1. The number of ether oxygens (including phenoxy) is 1. The molecule has 4 heteroatoms. The number of hydrogen-bond acceptors (Lipinski definition) is 3. The largest absolute Gasteiger partial charge is 0.491 e. The Hall–Kier alpha value is -1.55. The van der Waals surface area contributed by atoms with Gasteiger partial charge in [-0.15, -0.1) is 0 Å². The molecule has 2 N–H and O–H groups in total. The number of anilines is 1. The Labute approximate surface area is 108 Å². The van der Waals surface area contributed by atoms with E-state index in [4.69, 9.17) is 10.5 Å². The molecule has 1 aliphatic heterocycles. The lowest BCUT2D eigenvalue weighted by Gasteiger charge is -2.18. The fraction of sp³-hybridized carbons (Fsp3) is 0.500. The van der Waals surface area contributed by atoms with Gasteiger partial charge in [-0.25, -0.2) is 0 Å². The Morgan fingerprint density at radius 3 is 2.94 bits per heavy atom. The van der Waals surface area contributed by atoms with Crippen molar-refractivity contribution in [1.29, 1.82) is 0 Å². The highest BCUT2D eigenvalue weighted by atomic mass is 16.5. The summed E-state index contributed by atoms with van der Waals surface area (Å²) in [5.41, 5.74) is 6.67. The lowest BCUT2D eigenvalue weighted by atomic mass is 10.2. The Bertz CT molecular complexity index is 434. The number of benzene rings is 1. The molecular weight excluding hydrogens is 228 g/mol. The Balaban J connectivity index is 2.14. The van der Waals surface area contributed by atoms with Crippen molar-refractivity contribution in [2.75, 3.05) is 11.4 Å². The summed E-state index contributed by atoms with van der Waals surface area (Å²) in [5.74, 6) is 0.887. The third-order valence-corrected chi connectivity index (χ3v) is 3.20. The van der Waals surface area contributed by atoms with Gasteiger partial charge in [0.1, 0.15) is 5.75 Å². The van der Waals surface area contributed by atoms with Gasteiger partial charge in [-0.2, -0.15) is 0 Å².